The van der Waals surface area contributed by atoms with E-state index in [0.717, 1.165) is 22.6 Å². The molecule has 13 heavy (non-hydrogen) atoms. The van der Waals surface area contributed by atoms with E-state index in [1.54, 1.807) is 7.11 Å². The Morgan fingerprint density at radius 2 is 1.85 bits per heavy atom. The molecule has 0 aromatic carbocycles. The number of aromatic nitrogens is 1. The molecule has 0 unspecified atom stereocenters. The van der Waals surface area contributed by atoms with Gasteiger partial charge in [0.25, 0.3) is 0 Å². The van der Waals surface area contributed by atoms with Gasteiger partial charge in [0.15, 0.2) is 5.82 Å². The molecule has 1 aromatic rings. The first kappa shape index (κ1) is 9.71. The van der Waals surface area contributed by atoms with Crippen LogP contribution in [0.1, 0.15) is 16.8 Å². The third-order valence-corrected chi connectivity index (χ3v) is 2.19. The minimum Gasteiger partial charge on any atom is -0.495 e. The van der Waals surface area contributed by atoms with Crippen molar-refractivity contribution in [1.29, 1.82) is 0 Å². The predicted molar refractivity (Wildman–Crippen MR) is 54.2 cm³/mol. The minimum absolute atomic E-state index is 0.691. The molecule has 1 rings (SSSR count). The van der Waals surface area contributed by atoms with Gasteiger partial charge >= 0.3 is 0 Å². The number of methoxy groups -OCH3 is 1. The van der Waals surface area contributed by atoms with Crippen molar-refractivity contribution in [3.8, 4) is 5.75 Å². The van der Waals surface area contributed by atoms with Crippen LogP contribution in [0.3, 0.4) is 0 Å². The Labute approximate surface area is 78.5 Å². The highest BCUT2D eigenvalue weighted by Crippen LogP contribution is 2.29. The quantitative estimate of drug-likeness (QED) is 0.651. The molecule has 3 heteroatoms. The van der Waals surface area contributed by atoms with Crippen LogP contribution in [0.2, 0.25) is 0 Å². The van der Waals surface area contributed by atoms with Gasteiger partial charge in [-0.2, -0.15) is 0 Å². The summed E-state index contributed by atoms with van der Waals surface area (Å²) >= 11 is 0. The fourth-order valence-corrected chi connectivity index (χ4v) is 1.36. The SMILES string of the molecule is C=Nc1nc(C)c(OC)c(C)c1C. The highest BCUT2D eigenvalue weighted by molar-refractivity contribution is 5.54. The van der Waals surface area contributed by atoms with E-state index in [4.69, 9.17) is 4.74 Å². The van der Waals surface area contributed by atoms with Crippen LogP contribution in [0.15, 0.2) is 4.99 Å². The molecule has 0 amide bonds. The van der Waals surface area contributed by atoms with Crippen LogP contribution in [-0.2, 0) is 0 Å². The molecule has 0 N–H and O–H groups in total. The van der Waals surface area contributed by atoms with Crippen LogP contribution < -0.4 is 4.74 Å². The summed E-state index contributed by atoms with van der Waals surface area (Å²) in [5.41, 5.74) is 2.96. The Bertz CT molecular complexity index is 345. The van der Waals surface area contributed by atoms with E-state index in [1.807, 2.05) is 20.8 Å². The third kappa shape index (κ3) is 1.54. The van der Waals surface area contributed by atoms with Gasteiger partial charge in [-0.15, -0.1) is 0 Å². The Hall–Kier alpha value is -1.38. The van der Waals surface area contributed by atoms with Crippen LogP contribution in [0.5, 0.6) is 5.75 Å². The number of aryl methyl sites for hydroxylation is 1. The predicted octanol–water partition coefficient (Wildman–Crippen LogP) is 2.35. The molecule has 0 fully saturated rings. The first-order valence-corrected chi connectivity index (χ1v) is 4.10. The summed E-state index contributed by atoms with van der Waals surface area (Å²) in [4.78, 5) is 8.12. The van der Waals surface area contributed by atoms with E-state index >= 15 is 0 Å². The highest BCUT2D eigenvalue weighted by Gasteiger charge is 2.10. The number of ether oxygens (including phenoxy) is 1. The Morgan fingerprint density at radius 3 is 2.31 bits per heavy atom. The molecule has 0 saturated carbocycles. The van der Waals surface area contributed by atoms with E-state index < -0.39 is 0 Å². The maximum atomic E-state index is 5.23. The van der Waals surface area contributed by atoms with E-state index in [9.17, 15) is 0 Å². The Kier molecular flexibility index (Phi) is 2.66. The molecule has 0 saturated heterocycles. The zero-order valence-corrected chi connectivity index (χ0v) is 8.51. The summed E-state index contributed by atoms with van der Waals surface area (Å²) in [6.45, 7) is 9.34. The lowest BCUT2D eigenvalue weighted by atomic mass is 10.1. The van der Waals surface area contributed by atoms with Gasteiger partial charge in [-0.05, 0) is 33.1 Å². The molecular weight excluding hydrogens is 164 g/mol. The molecule has 0 radical (unpaired) electrons. The van der Waals surface area contributed by atoms with Crippen LogP contribution in [0.25, 0.3) is 0 Å². The fraction of sp³-hybridized carbons (Fsp3) is 0.400. The molecule has 0 bridgehead atoms. The maximum Gasteiger partial charge on any atom is 0.154 e. The first-order valence-electron chi connectivity index (χ1n) is 4.10. The third-order valence-electron chi connectivity index (χ3n) is 2.19. The van der Waals surface area contributed by atoms with E-state index in [2.05, 4.69) is 16.7 Å². The lowest BCUT2D eigenvalue weighted by Crippen LogP contribution is -1.97. The standard InChI is InChI=1S/C10H14N2O/c1-6-7(2)10(11-4)12-8(3)9(6)13-5/h4H2,1-3,5H3. The molecule has 70 valence electrons. The van der Waals surface area contributed by atoms with Gasteiger partial charge in [0, 0.05) is 5.56 Å². The topological polar surface area (TPSA) is 34.5 Å². The molecule has 0 aliphatic carbocycles. The number of hydrogen-bond donors (Lipinski definition) is 0. The summed E-state index contributed by atoms with van der Waals surface area (Å²) < 4.78 is 5.23. The molecule has 0 spiro atoms. The van der Waals surface area contributed by atoms with Gasteiger partial charge in [-0.25, -0.2) is 9.98 Å². The van der Waals surface area contributed by atoms with Crippen molar-refractivity contribution < 1.29 is 4.74 Å². The van der Waals surface area contributed by atoms with E-state index in [-0.39, 0.29) is 0 Å². The monoisotopic (exact) mass is 178 g/mol. The van der Waals surface area contributed by atoms with Crippen LogP contribution in [0.4, 0.5) is 5.82 Å². The van der Waals surface area contributed by atoms with Crippen molar-refractivity contribution >= 4 is 12.5 Å². The smallest absolute Gasteiger partial charge is 0.154 e. The second kappa shape index (κ2) is 3.56. The number of pyridine rings is 1. The largest absolute Gasteiger partial charge is 0.495 e. The van der Waals surface area contributed by atoms with Crippen molar-refractivity contribution in [1.82, 2.24) is 4.98 Å². The number of rotatable bonds is 2. The van der Waals surface area contributed by atoms with Crippen molar-refractivity contribution in [2.24, 2.45) is 4.99 Å². The maximum absolute atomic E-state index is 5.23. The van der Waals surface area contributed by atoms with Crippen molar-refractivity contribution in [2.45, 2.75) is 20.8 Å². The van der Waals surface area contributed by atoms with Crippen molar-refractivity contribution in [3.05, 3.63) is 16.8 Å². The lowest BCUT2D eigenvalue weighted by molar-refractivity contribution is 0.405. The second-order valence-electron chi connectivity index (χ2n) is 2.96. The molecule has 3 nitrogen and oxygen atoms in total. The summed E-state index contributed by atoms with van der Waals surface area (Å²) in [5.74, 6) is 1.53. The first-order chi connectivity index (χ1) is 6.11. The zero-order chi connectivity index (χ0) is 10.0. The average molecular weight is 178 g/mol. The number of hydrogen-bond acceptors (Lipinski definition) is 3. The van der Waals surface area contributed by atoms with Crippen LogP contribution in [-0.4, -0.2) is 18.8 Å². The van der Waals surface area contributed by atoms with Gasteiger partial charge in [0.1, 0.15) is 5.75 Å². The Morgan fingerprint density at radius 1 is 1.23 bits per heavy atom. The summed E-state index contributed by atoms with van der Waals surface area (Å²) in [6, 6.07) is 0. The van der Waals surface area contributed by atoms with Gasteiger partial charge in [0.2, 0.25) is 0 Å². The van der Waals surface area contributed by atoms with E-state index in [0.29, 0.717) is 5.82 Å². The lowest BCUT2D eigenvalue weighted by Gasteiger charge is -2.11. The van der Waals surface area contributed by atoms with E-state index in [1.165, 1.54) is 0 Å². The number of aliphatic imine (C=N–C) groups is 1. The molecule has 0 atom stereocenters. The molecule has 0 aliphatic rings. The fourth-order valence-electron chi connectivity index (χ4n) is 1.36. The minimum atomic E-state index is 0.691. The van der Waals surface area contributed by atoms with Gasteiger partial charge in [-0.1, -0.05) is 0 Å². The van der Waals surface area contributed by atoms with Crippen molar-refractivity contribution in [2.75, 3.05) is 7.11 Å². The van der Waals surface area contributed by atoms with Gasteiger partial charge in [-0.3, -0.25) is 0 Å². The second-order valence-corrected chi connectivity index (χ2v) is 2.96. The van der Waals surface area contributed by atoms with Crippen LogP contribution in [0, 0.1) is 20.8 Å². The number of nitrogens with zero attached hydrogens (tertiary/aromatic N) is 2. The molecule has 1 aromatic heterocycles. The zero-order valence-electron chi connectivity index (χ0n) is 8.51. The normalized spacial score (nSPS) is 9.85. The van der Waals surface area contributed by atoms with Crippen molar-refractivity contribution in [3.63, 3.8) is 0 Å². The van der Waals surface area contributed by atoms with Gasteiger partial charge < -0.3 is 4.74 Å². The van der Waals surface area contributed by atoms with Gasteiger partial charge in [0.05, 0.1) is 12.8 Å². The highest BCUT2D eigenvalue weighted by atomic mass is 16.5. The average Bonchev–Trinajstić information content (AvgIpc) is 2.12. The molecule has 0 aliphatic heterocycles. The Balaban J connectivity index is 3.45. The van der Waals surface area contributed by atoms with Crippen LogP contribution >= 0.6 is 0 Å². The molecular formula is C10H14N2O. The summed E-state index contributed by atoms with van der Waals surface area (Å²) in [7, 11) is 1.65. The summed E-state index contributed by atoms with van der Waals surface area (Å²) in [6.07, 6.45) is 0. The summed E-state index contributed by atoms with van der Waals surface area (Å²) in [5, 5.41) is 0. The molecule has 1 heterocycles.